The lowest BCUT2D eigenvalue weighted by Gasteiger charge is -2.24. The first-order valence-electron chi connectivity index (χ1n) is 7.50. The molecule has 0 spiro atoms. The summed E-state index contributed by atoms with van der Waals surface area (Å²) in [6, 6.07) is 8.25. The standard InChI is InChI=1S/C17H29NO2/c1-14(2)20-16-8-6-15(7-9-16)12-18-13-17(3,4)10-5-11-19/h6-9,14,18-19H,5,10-13H2,1-4H3. The zero-order valence-electron chi connectivity index (χ0n) is 13.3. The van der Waals surface area contributed by atoms with Crippen molar-refractivity contribution in [2.24, 2.45) is 5.41 Å². The van der Waals surface area contributed by atoms with Gasteiger partial charge in [-0.2, -0.15) is 0 Å². The number of nitrogens with one attached hydrogen (secondary N) is 1. The molecule has 0 aliphatic rings. The van der Waals surface area contributed by atoms with E-state index in [0.29, 0.717) is 0 Å². The van der Waals surface area contributed by atoms with Crippen molar-refractivity contribution >= 4 is 0 Å². The highest BCUT2D eigenvalue weighted by Crippen LogP contribution is 2.21. The fourth-order valence-electron chi connectivity index (χ4n) is 2.15. The summed E-state index contributed by atoms with van der Waals surface area (Å²) in [5, 5.41) is 12.4. The second kappa shape index (κ2) is 8.28. The summed E-state index contributed by atoms with van der Waals surface area (Å²) in [6.45, 7) is 10.6. The van der Waals surface area contributed by atoms with Crippen LogP contribution in [0, 0.1) is 5.41 Å². The van der Waals surface area contributed by atoms with Gasteiger partial charge in [0.25, 0.3) is 0 Å². The van der Waals surface area contributed by atoms with E-state index in [1.807, 2.05) is 26.0 Å². The van der Waals surface area contributed by atoms with E-state index in [0.717, 1.165) is 31.7 Å². The molecule has 0 amide bonds. The number of hydrogen-bond acceptors (Lipinski definition) is 3. The normalized spacial score (nSPS) is 11.9. The Labute approximate surface area is 123 Å². The molecule has 0 aliphatic carbocycles. The van der Waals surface area contributed by atoms with E-state index >= 15 is 0 Å². The number of aliphatic hydroxyl groups excluding tert-OH is 1. The van der Waals surface area contributed by atoms with E-state index in [-0.39, 0.29) is 18.1 Å². The van der Waals surface area contributed by atoms with Crippen LogP contribution >= 0.6 is 0 Å². The Kier molecular flexibility index (Phi) is 7.03. The van der Waals surface area contributed by atoms with Crippen molar-refractivity contribution in [1.82, 2.24) is 5.32 Å². The lowest BCUT2D eigenvalue weighted by Crippen LogP contribution is -2.29. The first-order chi connectivity index (χ1) is 9.43. The molecule has 0 atom stereocenters. The molecule has 0 aromatic heterocycles. The van der Waals surface area contributed by atoms with Gasteiger partial charge in [0.15, 0.2) is 0 Å². The molecule has 0 fully saturated rings. The van der Waals surface area contributed by atoms with Gasteiger partial charge < -0.3 is 15.2 Å². The summed E-state index contributed by atoms with van der Waals surface area (Å²) in [4.78, 5) is 0. The summed E-state index contributed by atoms with van der Waals surface area (Å²) in [5.41, 5.74) is 1.49. The van der Waals surface area contributed by atoms with Crippen LogP contribution in [0.25, 0.3) is 0 Å². The minimum absolute atomic E-state index is 0.214. The van der Waals surface area contributed by atoms with Crippen LogP contribution in [0.5, 0.6) is 5.75 Å². The van der Waals surface area contributed by atoms with Crippen molar-refractivity contribution in [3.63, 3.8) is 0 Å². The summed E-state index contributed by atoms with van der Waals surface area (Å²) >= 11 is 0. The summed E-state index contributed by atoms with van der Waals surface area (Å²) in [7, 11) is 0. The molecule has 0 saturated heterocycles. The van der Waals surface area contributed by atoms with Crippen LogP contribution in [0.1, 0.15) is 46.1 Å². The number of rotatable bonds is 9. The predicted molar refractivity (Wildman–Crippen MR) is 84.0 cm³/mol. The molecule has 0 heterocycles. The summed E-state index contributed by atoms with van der Waals surface area (Å²) < 4.78 is 5.63. The monoisotopic (exact) mass is 279 g/mol. The van der Waals surface area contributed by atoms with Crippen molar-refractivity contribution in [1.29, 1.82) is 0 Å². The van der Waals surface area contributed by atoms with Crippen LogP contribution in [0.2, 0.25) is 0 Å². The Morgan fingerprint density at radius 3 is 2.40 bits per heavy atom. The first kappa shape index (κ1) is 17.0. The Bertz CT molecular complexity index is 371. The summed E-state index contributed by atoms with van der Waals surface area (Å²) in [5.74, 6) is 0.923. The van der Waals surface area contributed by atoms with E-state index in [4.69, 9.17) is 9.84 Å². The number of ether oxygens (including phenoxy) is 1. The van der Waals surface area contributed by atoms with E-state index < -0.39 is 0 Å². The van der Waals surface area contributed by atoms with Crippen molar-refractivity contribution in [2.45, 2.75) is 53.2 Å². The van der Waals surface area contributed by atoms with E-state index in [9.17, 15) is 0 Å². The Morgan fingerprint density at radius 2 is 1.85 bits per heavy atom. The number of aliphatic hydroxyl groups is 1. The van der Waals surface area contributed by atoms with Crippen molar-refractivity contribution in [3.05, 3.63) is 29.8 Å². The molecule has 0 saturated carbocycles. The van der Waals surface area contributed by atoms with Crippen molar-refractivity contribution in [3.8, 4) is 5.75 Å². The maximum atomic E-state index is 8.89. The lowest BCUT2D eigenvalue weighted by molar-refractivity contribution is 0.236. The number of benzene rings is 1. The molecule has 0 aliphatic heterocycles. The second-order valence-corrected chi connectivity index (χ2v) is 6.41. The highest BCUT2D eigenvalue weighted by Gasteiger charge is 2.16. The molecule has 1 aromatic rings. The van der Waals surface area contributed by atoms with Crippen LogP contribution in [0.3, 0.4) is 0 Å². The molecule has 3 heteroatoms. The first-order valence-corrected chi connectivity index (χ1v) is 7.50. The van der Waals surface area contributed by atoms with Gasteiger partial charge in [-0.15, -0.1) is 0 Å². The minimum Gasteiger partial charge on any atom is -0.491 e. The molecular weight excluding hydrogens is 250 g/mol. The van der Waals surface area contributed by atoms with Crippen LogP contribution in [-0.2, 0) is 6.54 Å². The van der Waals surface area contributed by atoms with Crippen LogP contribution in [0.15, 0.2) is 24.3 Å². The molecule has 0 radical (unpaired) electrons. The van der Waals surface area contributed by atoms with Gasteiger partial charge in [-0.25, -0.2) is 0 Å². The van der Waals surface area contributed by atoms with Crippen LogP contribution < -0.4 is 10.1 Å². The molecule has 0 bridgehead atoms. The van der Waals surface area contributed by atoms with Gasteiger partial charge in [-0.05, 0) is 49.8 Å². The van der Waals surface area contributed by atoms with Crippen LogP contribution in [0.4, 0.5) is 0 Å². The molecule has 114 valence electrons. The van der Waals surface area contributed by atoms with Gasteiger partial charge in [0.05, 0.1) is 6.10 Å². The average molecular weight is 279 g/mol. The Balaban J connectivity index is 2.35. The fraction of sp³-hybridized carbons (Fsp3) is 0.647. The highest BCUT2D eigenvalue weighted by molar-refractivity contribution is 5.27. The minimum atomic E-state index is 0.214. The highest BCUT2D eigenvalue weighted by atomic mass is 16.5. The van der Waals surface area contributed by atoms with Crippen LogP contribution in [-0.4, -0.2) is 24.4 Å². The molecule has 1 rings (SSSR count). The van der Waals surface area contributed by atoms with Gasteiger partial charge in [-0.1, -0.05) is 26.0 Å². The number of hydrogen-bond donors (Lipinski definition) is 2. The van der Waals surface area contributed by atoms with Crippen molar-refractivity contribution < 1.29 is 9.84 Å². The predicted octanol–water partition coefficient (Wildman–Crippen LogP) is 3.36. The van der Waals surface area contributed by atoms with Crippen molar-refractivity contribution in [2.75, 3.05) is 13.2 Å². The molecular formula is C17H29NO2. The smallest absolute Gasteiger partial charge is 0.119 e. The molecule has 0 unspecified atom stereocenters. The topological polar surface area (TPSA) is 41.5 Å². The third-order valence-corrected chi connectivity index (χ3v) is 3.24. The zero-order valence-corrected chi connectivity index (χ0v) is 13.3. The quantitative estimate of drug-likeness (QED) is 0.728. The average Bonchev–Trinajstić information content (AvgIpc) is 2.38. The third-order valence-electron chi connectivity index (χ3n) is 3.24. The van der Waals surface area contributed by atoms with E-state index in [1.54, 1.807) is 0 Å². The van der Waals surface area contributed by atoms with Gasteiger partial charge in [0.1, 0.15) is 5.75 Å². The van der Waals surface area contributed by atoms with Gasteiger partial charge in [-0.3, -0.25) is 0 Å². The Morgan fingerprint density at radius 1 is 1.20 bits per heavy atom. The molecule has 3 nitrogen and oxygen atoms in total. The molecule has 2 N–H and O–H groups in total. The maximum Gasteiger partial charge on any atom is 0.119 e. The maximum absolute atomic E-state index is 8.89. The largest absolute Gasteiger partial charge is 0.491 e. The zero-order chi connectivity index (χ0) is 15.0. The SMILES string of the molecule is CC(C)Oc1ccc(CNCC(C)(C)CCCO)cc1. The van der Waals surface area contributed by atoms with E-state index in [1.165, 1.54) is 5.56 Å². The second-order valence-electron chi connectivity index (χ2n) is 6.41. The molecule has 1 aromatic carbocycles. The third kappa shape index (κ3) is 6.92. The fourth-order valence-corrected chi connectivity index (χ4v) is 2.15. The van der Waals surface area contributed by atoms with Gasteiger partial charge in [0.2, 0.25) is 0 Å². The lowest BCUT2D eigenvalue weighted by atomic mass is 9.88. The Hall–Kier alpha value is -1.06. The molecule has 20 heavy (non-hydrogen) atoms. The van der Waals surface area contributed by atoms with Gasteiger partial charge in [0, 0.05) is 19.7 Å². The van der Waals surface area contributed by atoms with E-state index in [2.05, 4.69) is 31.3 Å². The van der Waals surface area contributed by atoms with Gasteiger partial charge >= 0.3 is 0 Å². The summed E-state index contributed by atoms with van der Waals surface area (Å²) in [6.07, 6.45) is 2.12.